The molecule has 0 fully saturated rings. The minimum Gasteiger partial charge on any atom is -0.423 e. The summed E-state index contributed by atoms with van der Waals surface area (Å²) in [7, 11) is 0. The molecule has 0 aliphatic rings. The number of halogens is 2. The van der Waals surface area contributed by atoms with Gasteiger partial charge in [-0.2, -0.15) is 0 Å². The monoisotopic (exact) mass is 410 g/mol. The van der Waals surface area contributed by atoms with E-state index in [-0.39, 0.29) is 5.78 Å². The molecule has 3 aromatic carbocycles. The molecule has 0 atom stereocenters. The van der Waals surface area contributed by atoms with E-state index < -0.39 is 5.97 Å². The molecule has 3 rings (SSSR count). The van der Waals surface area contributed by atoms with Crippen LogP contribution in [0.4, 0.5) is 0 Å². The molecule has 0 saturated heterocycles. The Morgan fingerprint density at radius 2 is 1.50 bits per heavy atom. The second-order valence-corrected chi connectivity index (χ2v) is 6.88. The number of allylic oxidation sites excluding steroid dienone is 1. The molecule has 28 heavy (non-hydrogen) atoms. The van der Waals surface area contributed by atoms with E-state index in [4.69, 9.17) is 27.9 Å². The van der Waals surface area contributed by atoms with Crippen molar-refractivity contribution in [2.24, 2.45) is 0 Å². The number of esters is 1. The molecule has 0 heterocycles. The van der Waals surface area contributed by atoms with Gasteiger partial charge in [-0.1, -0.05) is 47.5 Å². The molecule has 3 aromatic rings. The van der Waals surface area contributed by atoms with Gasteiger partial charge in [-0.15, -0.1) is 0 Å². The van der Waals surface area contributed by atoms with E-state index in [9.17, 15) is 9.59 Å². The molecule has 0 aliphatic carbocycles. The fraction of sp³-hybridized carbons (Fsp3) is 0.0435. The number of carbonyl (C=O) groups excluding carboxylic acids is 2. The summed E-state index contributed by atoms with van der Waals surface area (Å²) in [5.41, 5.74) is 2.38. The maximum absolute atomic E-state index is 12.4. The third kappa shape index (κ3) is 4.69. The van der Waals surface area contributed by atoms with E-state index in [1.165, 1.54) is 6.08 Å². The van der Waals surface area contributed by atoms with Crippen LogP contribution in [0, 0.1) is 6.92 Å². The zero-order valence-electron chi connectivity index (χ0n) is 15.0. The maximum Gasteiger partial charge on any atom is 0.343 e. The van der Waals surface area contributed by atoms with Gasteiger partial charge in [-0.05, 0) is 67.1 Å². The number of hydrogen-bond donors (Lipinski definition) is 0. The minimum atomic E-state index is -0.439. The van der Waals surface area contributed by atoms with Crippen LogP contribution < -0.4 is 4.74 Å². The van der Waals surface area contributed by atoms with Crippen molar-refractivity contribution < 1.29 is 14.3 Å². The van der Waals surface area contributed by atoms with Gasteiger partial charge in [0.15, 0.2) is 5.78 Å². The van der Waals surface area contributed by atoms with Gasteiger partial charge in [0.05, 0.1) is 5.56 Å². The number of ether oxygens (including phenoxy) is 1. The molecule has 5 heteroatoms. The van der Waals surface area contributed by atoms with Crippen LogP contribution in [0.25, 0.3) is 6.08 Å². The third-order valence-corrected chi connectivity index (χ3v) is 4.77. The molecule has 3 nitrogen and oxygen atoms in total. The predicted octanol–water partition coefficient (Wildman–Crippen LogP) is 6.42. The molecule has 140 valence electrons. The van der Waals surface area contributed by atoms with Gasteiger partial charge < -0.3 is 4.74 Å². The van der Waals surface area contributed by atoms with Gasteiger partial charge in [-0.25, -0.2) is 4.79 Å². The summed E-state index contributed by atoms with van der Waals surface area (Å²) < 4.78 is 5.37. The van der Waals surface area contributed by atoms with Crippen LogP contribution in [-0.2, 0) is 0 Å². The second-order valence-electron chi connectivity index (χ2n) is 6.06. The molecular weight excluding hydrogens is 395 g/mol. The van der Waals surface area contributed by atoms with E-state index in [2.05, 4.69) is 0 Å². The molecule has 0 aromatic heterocycles. The summed E-state index contributed by atoms with van der Waals surface area (Å²) in [6.45, 7) is 1.84. The molecule has 0 N–H and O–H groups in total. The summed E-state index contributed by atoms with van der Waals surface area (Å²) in [6.07, 6.45) is 2.99. The fourth-order valence-electron chi connectivity index (χ4n) is 2.58. The van der Waals surface area contributed by atoms with Crippen molar-refractivity contribution in [3.05, 3.63) is 105 Å². The normalized spacial score (nSPS) is 10.8. The van der Waals surface area contributed by atoms with Crippen molar-refractivity contribution in [2.45, 2.75) is 6.92 Å². The summed E-state index contributed by atoms with van der Waals surface area (Å²) in [4.78, 5) is 24.6. The Morgan fingerprint density at radius 3 is 2.14 bits per heavy atom. The Balaban J connectivity index is 1.70. The van der Waals surface area contributed by atoms with E-state index in [1.807, 2.05) is 19.1 Å². The van der Waals surface area contributed by atoms with Crippen molar-refractivity contribution in [3.8, 4) is 5.75 Å². The van der Waals surface area contributed by atoms with Crippen LogP contribution in [0.1, 0.15) is 31.8 Å². The average molecular weight is 411 g/mol. The van der Waals surface area contributed by atoms with Crippen molar-refractivity contribution in [1.82, 2.24) is 0 Å². The van der Waals surface area contributed by atoms with Gasteiger partial charge in [0.2, 0.25) is 0 Å². The Bertz CT molecular complexity index is 1030. The topological polar surface area (TPSA) is 43.4 Å². The largest absolute Gasteiger partial charge is 0.423 e. The SMILES string of the molecule is Cc1ccccc1C(=O)Oc1ccc(C(=O)C=Cc2c(Cl)cccc2Cl)cc1. The molecule has 0 aliphatic heterocycles. The Hall–Kier alpha value is -2.88. The summed E-state index contributed by atoms with van der Waals surface area (Å²) in [6, 6.07) is 18.7. The Labute approximate surface area is 173 Å². The van der Waals surface area contributed by atoms with Crippen LogP contribution in [-0.4, -0.2) is 11.8 Å². The van der Waals surface area contributed by atoms with E-state index >= 15 is 0 Å². The van der Waals surface area contributed by atoms with Crippen LogP contribution in [0.3, 0.4) is 0 Å². The van der Waals surface area contributed by atoms with Crippen molar-refractivity contribution in [1.29, 1.82) is 0 Å². The molecule has 0 saturated carbocycles. The molecule has 0 amide bonds. The summed E-state index contributed by atoms with van der Waals surface area (Å²) in [5, 5.41) is 0.935. The van der Waals surface area contributed by atoms with E-state index in [0.717, 1.165) is 5.56 Å². The zero-order chi connectivity index (χ0) is 20.1. The standard InChI is InChI=1S/C23H16Cl2O3/c1-15-5-2-3-6-18(15)23(27)28-17-11-9-16(10-12-17)22(26)14-13-19-20(24)7-4-8-21(19)25/h2-14H,1H3. The Morgan fingerprint density at radius 1 is 0.857 bits per heavy atom. The van der Waals surface area contributed by atoms with E-state index in [0.29, 0.717) is 32.5 Å². The summed E-state index contributed by atoms with van der Waals surface area (Å²) in [5.74, 6) is -0.291. The summed E-state index contributed by atoms with van der Waals surface area (Å²) >= 11 is 12.2. The lowest BCUT2D eigenvalue weighted by Crippen LogP contribution is -2.10. The predicted molar refractivity (Wildman–Crippen MR) is 112 cm³/mol. The van der Waals surface area contributed by atoms with Crippen molar-refractivity contribution in [3.63, 3.8) is 0 Å². The van der Waals surface area contributed by atoms with E-state index in [1.54, 1.807) is 60.7 Å². The number of hydrogen-bond acceptors (Lipinski definition) is 3. The maximum atomic E-state index is 12.4. The number of ketones is 1. The van der Waals surface area contributed by atoms with Gasteiger partial charge in [0, 0.05) is 21.2 Å². The van der Waals surface area contributed by atoms with Crippen LogP contribution >= 0.6 is 23.2 Å². The number of carbonyl (C=O) groups is 2. The molecule has 0 bridgehead atoms. The van der Waals surface area contributed by atoms with Crippen LogP contribution in [0.2, 0.25) is 10.0 Å². The average Bonchev–Trinajstić information content (AvgIpc) is 2.68. The zero-order valence-corrected chi connectivity index (χ0v) is 16.5. The minimum absolute atomic E-state index is 0.215. The fourth-order valence-corrected chi connectivity index (χ4v) is 3.10. The third-order valence-electron chi connectivity index (χ3n) is 4.12. The molecule has 0 radical (unpaired) electrons. The van der Waals surface area contributed by atoms with Gasteiger partial charge >= 0.3 is 5.97 Å². The smallest absolute Gasteiger partial charge is 0.343 e. The number of aryl methyl sites for hydroxylation is 1. The molecular formula is C23H16Cl2O3. The highest BCUT2D eigenvalue weighted by atomic mass is 35.5. The van der Waals surface area contributed by atoms with Crippen LogP contribution in [0.15, 0.2) is 72.8 Å². The lowest BCUT2D eigenvalue weighted by molar-refractivity contribution is 0.0734. The van der Waals surface area contributed by atoms with Crippen molar-refractivity contribution in [2.75, 3.05) is 0 Å². The van der Waals surface area contributed by atoms with Crippen LogP contribution in [0.5, 0.6) is 5.75 Å². The quantitative estimate of drug-likeness (QED) is 0.211. The van der Waals surface area contributed by atoms with Gasteiger partial charge in [0.25, 0.3) is 0 Å². The Kier molecular flexibility index (Phi) is 6.30. The highest BCUT2D eigenvalue weighted by Crippen LogP contribution is 2.25. The first-order chi connectivity index (χ1) is 13.5. The number of benzene rings is 3. The highest BCUT2D eigenvalue weighted by Gasteiger charge is 2.11. The van der Waals surface area contributed by atoms with Gasteiger partial charge in [0.1, 0.15) is 5.75 Å². The second kappa shape index (κ2) is 8.87. The first kappa shape index (κ1) is 19.9. The molecule has 0 unspecified atom stereocenters. The number of rotatable bonds is 5. The lowest BCUT2D eigenvalue weighted by atomic mass is 10.1. The first-order valence-electron chi connectivity index (χ1n) is 8.50. The lowest BCUT2D eigenvalue weighted by Gasteiger charge is -2.07. The van der Waals surface area contributed by atoms with Gasteiger partial charge in [-0.3, -0.25) is 4.79 Å². The highest BCUT2D eigenvalue weighted by molar-refractivity contribution is 6.37. The van der Waals surface area contributed by atoms with Crippen molar-refractivity contribution >= 4 is 41.0 Å². The molecule has 0 spiro atoms. The first-order valence-corrected chi connectivity index (χ1v) is 9.25.